The van der Waals surface area contributed by atoms with Gasteiger partial charge in [-0.05, 0) is 37.6 Å². The topological polar surface area (TPSA) is 79.0 Å². The average Bonchev–Trinajstić information content (AvgIpc) is 2.75. The molecule has 2 aromatic rings. The minimum Gasteiger partial charge on any atom is -0.495 e. The van der Waals surface area contributed by atoms with Gasteiger partial charge in [0.15, 0.2) is 0 Å². The Morgan fingerprint density at radius 3 is 2.35 bits per heavy atom. The third kappa shape index (κ3) is 5.15. The second-order valence-electron chi connectivity index (χ2n) is 7.34. The van der Waals surface area contributed by atoms with Crippen LogP contribution in [0.25, 0.3) is 0 Å². The molecule has 0 radical (unpaired) electrons. The highest BCUT2D eigenvalue weighted by molar-refractivity contribution is 7.89. The first-order valence-electron chi connectivity index (χ1n) is 9.79. The SMILES string of the molecule is COc1cc(Cl)c(C)cc1NC(=O)C(C)N1CCN(S(=O)(=O)c2ccccc2Cl)CC1. The van der Waals surface area contributed by atoms with Crippen molar-refractivity contribution in [2.75, 3.05) is 38.6 Å². The maximum atomic E-state index is 12.9. The van der Waals surface area contributed by atoms with Crippen LogP contribution in [0.3, 0.4) is 0 Å². The number of rotatable bonds is 6. The third-order valence-electron chi connectivity index (χ3n) is 5.39. The molecule has 10 heteroatoms. The molecular weight excluding hydrogens is 461 g/mol. The van der Waals surface area contributed by atoms with E-state index in [-0.39, 0.29) is 28.9 Å². The molecule has 0 bridgehead atoms. The molecule has 0 aromatic heterocycles. The van der Waals surface area contributed by atoms with Crippen molar-refractivity contribution in [3.05, 3.63) is 52.0 Å². The highest BCUT2D eigenvalue weighted by Gasteiger charge is 2.33. The van der Waals surface area contributed by atoms with E-state index in [1.54, 1.807) is 37.3 Å². The lowest BCUT2D eigenvalue weighted by Gasteiger charge is -2.36. The van der Waals surface area contributed by atoms with Crippen LogP contribution in [0.15, 0.2) is 41.3 Å². The van der Waals surface area contributed by atoms with E-state index in [0.29, 0.717) is 29.5 Å². The van der Waals surface area contributed by atoms with Crippen LogP contribution in [0.1, 0.15) is 12.5 Å². The van der Waals surface area contributed by atoms with E-state index in [2.05, 4.69) is 5.32 Å². The standard InChI is InChI=1S/C21H25Cl2N3O4S/c1-14-12-18(19(30-3)13-17(14)23)24-21(27)15(2)25-8-10-26(11-9-25)31(28,29)20-7-5-4-6-16(20)22/h4-7,12-13,15H,8-11H2,1-3H3,(H,24,27). The predicted molar refractivity (Wildman–Crippen MR) is 123 cm³/mol. The van der Waals surface area contributed by atoms with Crippen LogP contribution in [0.4, 0.5) is 5.69 Å². The lowest BCUT2D eigenvalue weighted by molar-refractivity contribution is -0.121. The van der Waals surface area contributed by atoms with Gasteiger partial charge in [-0.15, -0.1) is 0 Å². The van der Waals surface area contributed by atoms with Gasteiger partial charge in [0.2, 0.25) is 15.9 Å². The van der Waals surface area contributed by atoms with Gasteiger partial charge in [-0.1, -0.05) is 35.3 Å². The molecule has 1 unspecified atom stereocenters. The average molecular weight is 486 g/mol. The molecule has 1 atom stereocenters. The van der Waals surface area contributed by atoms with Crippen molar-refractivity contribution in [3.8, 4) is 5.75 Å². The van der Waals surface area contributed by atoms with Crippen molar-refractivity contribution in [1.29, 1.82) is 0 Å². The molecule has 0 aliphatic carbocycles. The number of hydrogen-bond donors (Lipinski definition) is 1. The fourth-order valence-corrected chi connectivity index (χ4v) is 5.53. The molecule has 0 spiro atoms. The van der Waals surface area contributed by atoms with E-state index in [1.807, 2.05) is 11.8 Å². The Kier molecular flexibility index (Phi) is 7.49. The number of carbonyl (C=O) groups is 1. The number of ether oxygens (including phenoxy) is 1. The van der Waals surface area contributed by atoms with Crippen LogP contribution in [0, 0.1) is 6.92 Å². The summed E-state index contributed by atoms with van der Waals surface area (Å²) in [6.07, 6.45) is 0. The van der Waals surface area contributed by atoms with Gasteiger partial charge in [-0.3, -0.25) is 9.69 Å². The summed E-state index contributed by atoms with van der Waals surface area (Å²) in [4.78, 5) is 14.9. The minimum atomic E-state index is -3.68. The maximum Gasteiger partial charge on any atom is 0.244 e. The molecule has 1 saturated heterocycles. The molecule has 1 aliphatic rings. The van der Waals surface area contributed by atoms with E-state index < -0.39 is 16.1 Å². The summed E-state index contributed by atoms with van der Waals surface area (Å²) in [6.45, 7) is 5.04. The summed E-state index contributed by atoms with van der Waals surface area (Å²) in [6, 6.07) is 9.37. The molecule has 168 valence electrons. The fourth-order valence-electron chi connectivity index (χ4n) is 3.46. The molecule has 1 aliphatic heterocycles. The Morgan fingerprint density at radius 2 is 1.74 bits per heavy atom. The molecule has 1 fully saturated rings. The van der Waals surface area contributed by atoms with E-state index in [0.717, 1.165) is 5.56 Å². The predicted octanol–water partition coefficient (Wildman–Crippen LogP) is 3.64. The van der Waals surface area contributed by atoms with Gasteiger partial charge in [-0.2, -0.15) is 4.31 Å². The second kappa shape index (κ2) is 9.75. The zero-order valence-corrected chi connectivity index (χ0v) is 19.9. The van der Waals surface area contributed by atoms with Crippen LogP contribution in [-0.4, -0.2) is 62.9 Å². The Hall–Kier alpha value is -1.84. The first-order chi connectivity index (χ1) is 14.6. The number of benzene rings is 2. The Bertz CT molecular complexity index is 1070. The molecule has 31 heavy (non-hydrogen) atoms. The van der Waals surface area contributed by atoms with Crippen LogP contribution < -0.4 is 10.1 Å². The van der Waals surface area contributed by atoms with Crippen molar-refractivity contribution in [3.63, 3.8) is 0 Å². The molecule has 0 saturated carbocycles. The lowest BCUT2D eigenvalue weighted by atomic mass is 10.1. The number of aryl methyl sites for hydroxylation is 1. The minimum absolute atomic E-state index is 0.0983. The van der Waals surface area contributed by atoms with Gasteiger partial charge in [0.05, 0.1) is 23.9 Å². The number of piperazine rings is 1. The lowest BCUT2D eigenvalue weighted by Crippen LogP contribution is -2.53. The molecule has 7 nitrogen and oxygen atoms in total. The van der Waals surface area contributed by atoms with Gasteiger partial charge in [0.25, 0.3) is 0 Å². The quantitative estimate of drug-likeness (QED) is 0.675. The molecule has 3 rings (SSSR count). The first-order valence-corrected chi connectivity index (χ1v) is 12.0. The number of nitrogens with zero attached hydrogens (tertiary/aromatic N) is 2. The third-order valence-corrected chi connectivity index (χ3v) is 8.20. The second-order valence-corrected chi connectivity index (χ2v) is 10.1. The van der Waals surface area contributed by atoms with E-state index in [4.69, 9.17) is 27.9 Å². The largest absolute Gasteiger partial charge is 0.495 e. The normalized spacial score (nSPS) is 16.7. The summed E-state index contributed by atoms with van der Waals surface area (Å²) in [7, 11) is -2.17. The number of methoxy groups -OCH3 is 1. The zero-order chi connectivity index (χ0) is 22.8. The van der Waals surface area contributed by atoms with Crippen molar-refractivity contribution >= 4 is 44.8 Å². The van der Waals surface area contributed by atoms with Crippen molar-refractivity contribution < 1.29 is 17.9 Å². The number of carbonyl (C=O) groups excluding carboxylic acids is 1. The molecule has 1 amide bonds. The summed E-state index contributed by atoms with van der Waals surface area (Å²) < 4.78 is 32.5. The fraction of sp³-hybridized carbons (Fsp3) is 0.381. The Balaban J connectivity index is 1.65. The summed E-state index contributed by atoms with van der Waals surface area (Å²) in [5.74, 6) is 0.272. The van der Waals surface area contributed by atoms with Gasteiger partial charge in [0.1, 0.15) is 10.6 Å². The van der Waals surface area contributed by atoms with Gasteiger partial charge in [0, 0.05) is 37.3 Å². The zero-order valence-electron chi connectivity index (χ0n) is 17.6. The smallest absolute Gasteiger partial charge is 0.244 e. The van der Waals surface area contributed by atoms with E-state index in [1.165, 1.54) is 17.5 Å². The number of nitrogens with one attached hydrogen (secondary N) is 1. The van der Waals surface area contributed by atoms with Gasteiger partial charge in [-0.25, -0.2) is 8.42 Å². The van der Waals surface area contributed by atoms with Crippen LogP contribution in [-0.2, 0) is 14.8 Å². The van der Waals surface area contributed by atoms with Crippen LogP contribution in [0.5, 0.6) is 5.75 Å². The van der Waals surface area contributed by atoms with Crippen molar-refractivity contribution in [2.45, 2.75) is 24.8 Å². The number of hydrogen-bond acceptors (Lipinski definition) is 5. The molecule has 1 heterocycles. The molecule has 2 aromatic carbocycles. The number of sulfonamides is 1. The number of halogens is 2. The summed E-state index contributed by atoms with van der Waals surface area (Å²) in [5.41, 5.74) is 1.37. The van der Waals surface area contributed by atoms with Crippen molar-refractivity contribution in [2.24, 2.45) is 0 Å². The number of amides is 1. The van der Waals surface area contributed by atoms with Gasteiger partial charge >= 0.3 is 0 Å². The highest BCUT2D eigenvalue weighted by Crippen LogP contribution is 2.31. The van der Waals surface area contributed by atoms with Crippen LogP contribution >= 0.6 is 23.2 Å². The summed E-state index contributed by atoms with van der Waals surface area (Å²) in [5, 5.41) is 3.64. The Labute approximate surface area is 192 Å². The highest BCUT2D eigenvalue weighted by atomic mass is 35.5. The number of anilines is 1. The van der Waals surface area contributed by atoms with E-state index in [9.17, 15) is 13.2 Å². The van der Waals surface area contributed by atoms with Crippen LogP contribution in [0.2, 0.25) is 10.0 Å². The van der Waals surface area contributed by atoms with Gasteiger partial charge < -0.3 is 10.1 Å². The van der Waals surface area contributed by atoms with E-state index >= 15 is 0 Å². The molecular formula is C21H25Cl2N3O4S. The summed E-state index contributed by atoms with van der Waals surface area (Å²) >= 11 is 12.2. The Morgan fingerprint density at radius 1 is 1.10 bits per heavy atom. The first kappa shape index (κ1) is 23.8. The molecule has 1 N–H and O–H groups in total. The van der Waals surface area contributed by atoms with Crippen molar-refractivity contribution in [1.82, 2.24) is 9.21 Å². The monoisotopic (exact) mass is 485 g/mol. The maximum absolute atomic E-state index is 12.9.